The largest absolute Gasteiger partial charge is 0.435 e. The van der Waals surface area contributed by atoms with Crippen LogP contribution in [0.4, 0.5) is 19.0 Å². The number of nitrogens with zero attached hydrogens (tertiary/aromatic N) is 6. The van der Waals surface area contributed by atoms with Crippen LogP contribution in [0.15, 0.2) is 96.1 Å². The summed E-state index contributed by atoms with van der Waals surface area (Å²) in [6, 6.07) is 24.3. The molecule has 2 aromatic heterocycles. The highest BCUT2D eigenvalue weighted by Crippen LogP contribution is 2.36. The number of hydrogen-bond donors (Lipinski definition) is 0. The van der Waals surface area contributed by atoms with E-state index < -0.39 is 11.7 Å². The molecule has 0 aliphatic carbocycles. The molecule has 0 spiro atoms. The van der Waals surface area contributed by atoms with Gasteiger partial charge in [-0.2, -0.15) is 13.2 Å². The summed E-state index contributed by atoms with van der Waals surface area (Å²) in [6.07, 6.45) is -4.44. The Morgan fingerprint density at radius 3 is 2.31 bits per heavy atom. The van der Waals surface area contributed by atoms with Crippen molar-refractivity contribution in [2.45, 2.75) is 6.18 Å². The summed E-state index contributed by atoms with van der Waals surface area (Å²) >= 11 is 0. The van der Waals surface area contributed by atoms with Gasteiger partial charge in [0.1, 0.15) is 17.0 Å². The lowest BCUT2D eigenvalue weighted by atomic mass is 9.99. The van der Waals surface area contributed by atoms with Gasteiger partial charge < -0.3 is 4.74 Å². The number of pyridine rings is 1. The van der Waals surface area contributed by atoms with Crippen LogP contribution in [0.25, 0.3) is 43.7 Å². The van der Waals surface area contributed by atoms with Crippen molar-refractivity contribution in [1.29, 1.82) is 0 Å². The van der Waals surface area contributed by atoms with Crippen LogP contribution < -0.4 is 4.74 Å². The molecule has 5 rings (SSSR count). The molecule has 0 fully saturated rings. The van der Waals surface area contributed by atoms with E-state index in [9.17, 15) is 13.2 Å². The minimum Gasteiger partial charge on any atom is -0.435 e. The quantitative estimate of drug-likeness (QED) is 0.143. The highest BCUT2D eigenvalue weighted by molar-refractivity contribution is 5.86. The van der Waals surface area contributed by atoms with Crippen LogP contribution in [0.5, 0.6) is 11.6 Å². The number of azide groups is 1. The molecule has 0 aliphatic rings. The maximum atomic E-state index is 13.1. The molecule has 176 valence electrons. The molecule has 0 bridgehead atoms. The molecule has 2 heterocycles. The van der Waals surface area contributed by atoms with Gasteiger partial charge in [0, 0.05) is 27.5 Å². The van der Waals surface area contributed by atoms with Gasteiger partial charge in [-0.25, -0.2) is 4.98 Å². The third kappa shape index (κ3) is 4.66. The minimum atomic E-state index is -4.44. The Hall–Kier alpha value is -4.95. The average molecular weight is 484 g/mol. The smallest absolute Gasteiger partial charge is 0.416 e. The van der Waals surface area contributed by atoms with Crippen LogP contribution in [-0.2, 0) is 6.18 Å². The first-order valence-corrected chi connectivity index (χ1v) is 10.7. The highest BCUT2D eigenvalue weighted by Gasteiger charge is 2.30. The number of alkyl halides is 3. The van der Waals surface area contributed by atoms with Crippen molar-refractivity contribution in [3.63, 3.8) is 0 Å². The summed E-state index contributed by atoms with van der Waals surface area (Å²) in [5.74, 6) is 0.646. The van der Waals surface area contributed by atoms with Crippen molar-refractivity contribution in [2.24, 2.45) is 5.11 Å². The van der Waals surface area contributed by atoms with Crippen molar-refractivity contribution in [1.82, 2.24) is 15.2 Å². The van der Waals surface area contributed by atoms with E-state index in [-0.39, 0.29) is 11.7 Å². The molecule has 5 aromatic rings. The van der Waals surface area contributed by atoms with Crippen molar-refractivity contribution in [3.8, 4) is 34.0 Å². The van der Waals surface area contributed by atoms with E-state index in [4.69, 9.17) is 10.3 Å². The average Bonchev–Trinajstić information content (AvgIpc) is 2.89. The Morgan fingerprint density at radius 2 is 1.58 bits per heavy atom. The summed E-state index contributed by atoms with van der Waals surface area (Å²) in [7, 11) is 0. The van der Waals surface area contributed by atoms with E-state index in [1.54, 1.807) is 30.3 Å². The summed E-state index contributed by atoms with van der Waals surface area (Å²) in [5, 5.41) is 12.8. The van der Waals surface area contributed by atoms with E-state index in [2.05, 4.69) is 25.2 Å². The minimum absolute atomic E-state index is 0.119. The first-order valence-electron chi connectivity index (χ1n) is 10.7. The molecule has 0 saturated heterocycles. The van der Waals surface area contributed by atoms with Gasteiger partial charge >= 0.3 is 6.18 Å². The first-order chi connectivity index (χ1) is 17.4. The van der Waals surface area contributed by atoms with Crippen LogP contribution in [-0.4, -0.2) is 15.2 Å². The molecule has 7 nitrogen and oxygen atoms in total. The second-order valence-corrected chi connectivity index (χ2v) is 7.67. The summed E-state index contributed by atoms with van der Waals surface area (Å²) in [6.45, 7) is 0. The predicted octanol–water partition coefficient (Wildman–Crippen LogP) is 8.11. The monoisotopic (exact) mass is 484 g/mol. The molecular weight excluding hydrogens is 469 g/mol. The van der Waals surface area contributed by atoms with Gasteiger partial charge in [-0.3, -0.25) is 0 Å². The number of rotatable bonds is 5. The fourth-order valence-corrected chi connectivity index (χ4v) is 3.70. The second kappa shape index (κ2) is 9.36. The lowest BCUT2D eigenvalue weighted by Crippen LogP contribution is -2.04. The lowest BCUT2D eigenvalue weighted by Gasteiger charge is -2.13. The zero-order valence-corrected chi connectivity index (χ0v) is 18.4. The Bertz CT molecular complexity index is 1600. The Morgan fingerprint density at radius 1 is 0.806 bits per heavy atom. The van der Waals surface area contributed by atoms with Crippen molar-refractivity contribution >= 4 is 16.7 Å². The van der Waals surface area contributed by atoms with Gasteiger partial charge in [0.05, 0.1) is 5.56 Å². The van der Waals surface area contributed by atoms with E-state index >= 15 is 0 Å². The number of para-hydroxylation sites is 1. The van der Waals surface area contributed by atoms with Gasteiger partial charge in [-0.15, -0.1) is 10.2 Å². The van der Waals surface area contributed by atoms with Crippen LogP contribution in [0.1, 0.15) is 5.56 Å². The number of ether oxygens (including phenoxy) is 1. The molecule has 0 N–H and O–H groups in total. The standard InChI is InChI=1S/C26H15F3N6O/c27-26(28,29)19-12-9-16(10-13-19)20-15-23(33-34-24(20)17-5-2-1-3-6-17)36-21-8-4-7-18-11-14-22(32-35-30)31-25(18)21/h1-15H. The molecule has 0 radical (unpaired) electrons. The number of hydrogen-bond acceptors (Lipinski definition) is 5. The highest BCUT2D eigenvalue weighted by atomic mass is 19.4. The topological polar surface area (TPSA) is 96.7 Å². The zero-order chi connectivity index (χ0) is 25.1. The molecule has 0 aliphatic heterocycles. The van der Waals surface area contributed by atoms with Gasteiger partial charge in [0.25, 0.3) is 0 Å². The lowest BCUT2D eigenvalue weighted by molar-refractivity contribution is -0.137. The van der Waals surface area contributed by atoms with Crippen molar-refractivity contribution in [3.05, 3.63) is 107 Å². The molecule has 0 amide bonds. The van der Waals surface area contributed by atoms with Crippen LogP contribution in [0.2, 0.25) is 0 Å². The van der Waals surface area contributed by atoms with Crippen LogP contribution in [0.3, 0.4) is 0 Å². The fourth-order valence-electron chi connectivity index (χ4n) is 3.70. The van der Waals surface area contributed by atoms with Gasteiger partial charge in [-0.05, 0) is 40.5 Å². The molecule has 0 unspecified atom stereocenters. The van der Waals surface area contributed by atoms with Crippen LogP contribution >= 0.6 is 0 Å². The number of fused-ring (bicyclic) bond motifs is 1. The van der Waals surface area contributed by atoms with Gasteiger partial charge in [-0.1, -0.05) is 60.7 Å². The Balaban J connectivity index is 1.60. The summed E-state index contributed by atoms with van der Waals surface area (Å²) in [4.78, 5) is 7.10. The fraction of sp³-hybridized carbons (Fsp3) is 0.0385. The Labute approximate surface area is 202 Å². The number of aromatic nitrogens is 3. The number of benzene rings is 3. The third-order valence-electron chi connectivity index (χ3n) is 5.37. The molecule has 0 atom stereocenters. The predicted molar refractivity (Wildman–Crippen MR) is 129 cm³/mol. The van der Waals surface area contributed by atoms with Crippen molar-refractivity contribution in [2.75, 3.05) is 0 Å². The van der Waals surface area contributed by atoms with E-state index in [0.29, 0.717) is 28.1 Å². The van der Waals surface area contributed by atoms with Crippen molar-refractivity contribution < 1.29 is 17.9 Å². The second-order valence-electron chi connectivity index (χ2n) is 7.67. The number of halogens is 3. The van der Waals surface area contributed by atoms with E-state index in [0.717, 1.165) is 23.1 Å². The molecule has 10 heteroatoms. The molecular formula is C26H15F3N6O. The molecule has 36 heavy (non-hydrogen) atoms. The van der Waals surface area contributed by atoms with Gasteiger partial charge in [0.15, 0.2) is 5.75 Å². The zero-order valence-electron chi connectivity index (χ0n) is 18.4. The Kier molecular flexibility index (Phi) is 5.93. The summed E-state index contributed by atoms with van der Waals surface area (Å²) in [5.41, 5.74) is 10.7. The maximum Gasteiger partial charge on any atom is 0.416 e. The molecule has 3 aromatic carbocycles. The normalized spacial score (nSPS) is 11.2. The SMILES string of the molecule is [N-]=[N+]=Nc1ccc2cccc(Oc3cc(-c4ccc(C(F)(F)F)cc4)c(-c4ccccc4)nn3)c2n1. The first kappa shape index (κ1) is 22.8. The summed E-state index contributed by atoms with van der Waals surface area (Å²) < 4.78 is 45.3. The maximum absolute atomic E-state index is 13.1. The van der Waals surface area contributed by atoms with Crippen LogP contribution in [0, 0.1) is 0 Å². The molecule has 0 saturated carbocycles. The van der Waals surface area contributed by atoms with Gasteiger partial charge in [0.2, 0.25) is 5.88 Å². The third-order valence-corrected chi connectivity index (χ3v) is 5.37. The van der Waals surface area contributed by atoms with E-state index in [1.165, 1.54) is 12.1 Å². The van der Waals surface area contributed by atoms with E-state index in [1.807, 2.05) is 36.4 Å².